The van der Waals surface area contributed by atoms with Gasteiger partial charge < -0.3 is 19.5 Å². The number of carbonyl (C=O) groups excluding carboxylic acids is 3. The van der Waals surface area contributed by atoms with Crippen LogP contribution >= 0.6 is 0 Å². The molecule has 1 fully saturated rings. The van der Waals surface area contributed by atoms with Crippen LogP contribution in [0.5, 0.6) is 5.75 Å². The second-order valence-corrected chi connectivity index (χ2v) is 13.8. The molecule has 1 N–H and O–H groups in total. The molecule has 6 rings (SSSR count). The van der Waals surface area contributed by atoms with Gasteiger partial charge in [0.1, 0.15) is 17.0 Å². The van der Waals surface area contributed by atoms with Crippen LogP contribution in [0, 0.1) is 13.8 Å². The average Bonchev–Trinajstić information content (AvgIpc) is 3.54. The summed E-state index contributed by atoms with van der Waals surface area (Å²) in [4.78, 5) is 51.0. The molecule has 12 heteroatoms. The summed E-state index contributed by atoms with van der Waals surface area (Å²) < 4.78 is 18.0. The molecule has 0 unspecified atom stereocenters. The van der Waals surface area contributed by atoms with Gasteiger partial charge in [0.2, 0.25) is 5.91 Å². The van der Waals surface area contributed by atoms with Gasteiger partial charge in [0, 0.05) is 17.5 Å². The molecular weight excluding hydrogens is 588 g/mol. The van der Waals surface area contributed by atoms with Crippen LogP contribution in [0.3, 0.4) is 0 Å². The Kier molecular flexibility index (Phi) is 7.10. The van der Waals surface area contributed by atoms with Gasteiger partial charge >= 0.3 is 12.2 Å². The van der Waals surface area contributed by atoms with Crippen molar-refractivity contribution < 1.29 is 28.6 Å². The third-order valence-corrected chi connectivity index (χ3v) is 8.03. The zero-order valence-corrected chi connectivity index (χ0v) is 27.5. The number of anilines is 3. The molecule has 2 aromatic carbocycles. The van der Waals surface area contributed by atoms with Gasteiger partial charge in [0.15, 0.2) is 11.6 Å². The van der Waals surface area contributed by atoms with Crippen molar-refractivity contribution in [2.24, 2.45) is 0 Å². The number of aromatic nitrogens is 4. The minimum absolute atomic E-state index is 0.286. The van der Waals surface area contributed by atoms with Crippen LogP contribution in [0.2, 0.25) is 0 Å². The number of rotatable bonds is 4. The number of nitrogens with one attached hydrogen (secondary N) is 1. The van der Waals surface area contributed by atoms with Crippen LogP contribution in [-0.2, 0) is 19.7 Å². The van der Waals surface area contributed by atoms with E-state index in [2.05, 4.69) is 20.4 Å². The Labute approximate surface area is 267 Å². The highest BCUT2D eigenvalue weighted by Gasteiger charge is 2.68. The molecular formula is C34H38N6O6. The summed E-state index contributed by atoms with van der Waals surface area (Å²) in [7, 11) is 1.56. The van der Waals surface area contributed by atoms with Crippen molar-refractivity contribution in [3.05, 3.63) is 65.1 Å². The molecule has 2 aromatic heterocycles. The van der Waals surface area contributed by atoms with E-state index in [1.54, 1.807) is 67.0 Å². The predicted octanol–water partition coefficient (Wildman–Crippen LogP) is 6.69. The quantitative estimate of drug-likeness (QED) is 0.261. The van der Waals surface area contributed by atoms with Crippen molar-refractivity contribution in [3.63, 3.8) is 0 Å². The lowest BCUT2D eigenvalue weighted by atomic mass is 9.91. The maximum Gasteiger partial charge on any atom is 0.435 e. The number of carbonyl (C=O) groups is 3. The van der Waals surface area contributed by atoms with Crippen LogP contribution in [0.4, 0.5) is 26.9 Å². The van der Waals surface area contributed by atoms with Crippen LogP contribution in [0.1, 0.15) is 76.4 Å². The zero-order valence-electron chi connectivity index (χ0n) is 27.5. The van der Waals surface area contributed by atoms with Gasteiger partial charge in [0.25, 0.3) is 0 Å². The topological polar surface area (TPSA) is 138 Å². The molecule has 2 atom stereocenters. The number of fused-ring (bicyclic) bond motifs is 3. The minimum Gasteiger partial charge on any atom is -0.497 e. The number of imide groups is 1. The SMILES string of the molecule is COc1ccc2c(c1)[C@]1(C[C@H]1c1ccc3c(Nc4nc(C)cnc4C)nn(C(=O)OC(C)(C)C)c3c1)C(=O)N2C(=O)OC(C)(C)C. The van der Waals surface area contributed by atoms with Crippen LogP contribution in [0.25, 0.3) is 10.9 Å². The van der Waals surface area contributed by atoms with E-state index in [0.717, 1.165) is 16.2 Å². The third kappa shape index (κ3) is 5.31. The van der Waals surface area contributed by atoms with E-state index in [0.29, 0.717) is 51.7 Å². The van der Waals surface area contributed by atoms with Gasteiger partial charge in [-0.1, -0.05) is 6.07 Å². The highest BCUT2D eigenvalue weighted by molar-refractivity contribution is 6.23. The summed E-state index contributed by atoms with van der Waals surface area (Å²) in [6.45, 7) is 14.3. The van der Waals surface area contributed by atoms with Crippen molar-refractivity contribution in [3.8, 4) is 5.75 Å². The first-order valence-corrected chi connectivity index (χ1v) is 15.1. The number of hydrogen-bond acceptors (Lipinski definition) is 10. The number of aryl methyl sites for hydroxylation is 2. The monoisotopic (exact) mass is 626 g/mol. The molecule has 1 aliphatic heterocycles. The Morgan fingerprint density at radius 2 is 1.65 bits per heavy atom. The van der Waals surface area contributed by atoms with Gasteiger partial charge in [-0.2, -0.15) is 4.68 Å². The number of benzene rings is 2. The molecule has 0 bridgehead atoms. The molecule has 3 heterocycles. The van der Waals surface area contributed by atoms with Crippen molar-refractivity contribution >= 4 is 46.3 Å². The predicted molar refractivity (Wildman–Crippen MR) is 172 cm³/mol. The number of amides is 2. The first-order valence-electron chi connectivity index (χ1n) is 15.1. The molecule has 2 amide bonds. The van der Waals surface area contributed by atoms with Crippen LogP contribution in [0.15, 0.2) is 42.6 Å². The Morgan fingerprint density at radius 3 is 2.33 bits per heavy atom. The third-order valence-electron chi connectivity index (χ3n) is 8.03. The lowest BCUT2D eigenvalue weighted by Crippen LogP contribution is -2.41. The smallest absolute Gasteiger partial charge is 0.435 e. The van der Waals surface area contributed by atoms with Crippen LogP contribution in [-0.4, -0.2) is 56.2 Å². The standard InChI is InChI=1S/C34H38N6O6/c1-18-17-35-19(2)27(36-18)37-28-22-12-10-20(14-26(22)40(38-28)31(43)46-33(6,7)8)24-16-34(24)23-15-21(44-9)11-13-25(23)39(29(34)41)30(42)45-32(3,4)5/h10-15,17,24H,16H2,1-9H3,(H,36,37,38)/t24-,34-/m0/s1. The van der Waals surface area contributed by atoms with E-state index in [1.807, 2.05) is 38.1 Å². The second-order valence-electron chi connectivity index (χ2n) is 13.8. The fourth-order valence-electron chi connectivity index (χ4n) is 5.96. The van der Waals surface area contributed by atoms with Crippen molar-refractivity contribution in [1.29, 1.82) is 0 Å². The number of methoxy groups -OCH3 is 1. The highest BCUT2D eigenvalue weighted by Crippen LogP contribution is 2.67. The van der Waals surface area contributed by atoms with E-state index in [4.69, 9.17) is 14.2 Å². The van der Waals surface area contributed by atoms with Crippen LogP contribution < -0.4 is 15.0 Å². The number of ether oxygens (including phenoxy) is 3. The normalized spacial score (nSPS) is 18.9. The maximum absolute atomic E-state index is 14.2. The van der Waals surface area contributed by atoms with E-state index in [1.165, 1.54) is 4.68 Å². The molecule has 4 aromatic rings. The molecule has 12 nitrogen and oxygen atoms in total. The van der Waals surface area contributed by atoms with E-state index >= 15 is 0 Å². The van der Waals surface area contributed by atoms with Gasteiger partial charge in [-0.25, -0.2) is 19.5 Å². The summed E-state index contributed by atoms with van der Waals surface area (Å²) in [5.41, 5.74) is 1.33. The molecule has 1 spiro atoms. The van der Waals surface area contributed by atoms with Gasteiger partial charge in [-0.15, -0.1) is 5.10 Å². The van der Waals surface area contributed by atoms with Gasteiger partial charge in [0.05, 0.1) is 35.1 Å². The zero-order chi connectivity index (χ0) is 33.3. The van der Waals surface area contributed by atoms with Gasteiger partial charge in [-0.3, -0.25) is 9.78 Å². The first kappa shape index (κ1) is 31.0. The largest absolute Gasteiger partial charge is 0.497 e. The maximum atomic E-state index is 14.2. The number of nitrogens with zero attached hydrogens (tertiary/aromatic N) is 5. The lowest BCUT2D eigenvalue weighted by Gasteiger charge is -2.24. The van der Waals surface area contributed by atoms with E-state index < -0.39 is 28.8 Å². The molecule has 1 aliphatic carbocycles. The summed E-state index contributed by atoms with van der Waals surface area (Å²) in [6, 6.07) is 10.9. The Balaban J connectivity index is 1.44. The molecule has 2 aliphatic rings. The first-order chi connectivity index (χ1) is 21.5. The fraction of sp³-hybridized carbons (Fsp3) is 0.412. The minimum atomic E-state index is -0.999. The fourth-order valence-corrected chi connectivity index (χ4v) is 5.96. The summed E-state index contributed by atoms with van der Waals surface area (Å²) in [6.07, 6.45) is 0.761. The van der Waals surface area contributed by atoms with Crippen molar-refractivity contribution in [2.45, 2.75) is 84.3 Å². The van der Waals surface area contributed by atoms with E-state index in [9.17, 15) is 14.4 Å². The Hall–Kier alpha value is -5.00. The lowest BCUT2D eigenvalue weighted by molar-refractivity contribution is -0.120. The molecule has 46 heavy (non-hydrogen) atoms. The van der Waals surface area contributed by atoms with Gasteiger partial charge in [-0.05, 0) is 103 Å². The summed E-state index contributed by atoms with van der Waals surface area (Å²) in [5, 5.41) is 8.49. The van der Waals surface area contributed by atoms with Crippen molar-refractivity contribution in [2.75, 3.05) is 17.3 Å². The molecule has 240 valence electrons. The average molecular weight is 627 g/mol. The highest BCUT2D eigenvalue weighted by atomic mass is 16.6. The summed E-state index contributed by atoms with van der Waals surface area (Å²) >= 11 is 0. The van der Waals surface area contributed by atoms with Crippen molar-refractivity contribution in [1.82, 2.24) is 19.7 Å². The second kappa shape index (κ2) is 10.5. The van der Waals surface area contributed by atoms with E-state index in [-0.39, 0.29) is 11.8 Å². The summed E-state index contributed by atoms with van der Waals surface area (Å²) in [5.74, 6) is 0.859. The molecule has 0 saturated heterocycles. The molecule has 1 saturated carbocycles. The Bertz CT molecular complexity index is 1920. The Morgan fingerprint density at radius 1 is 0.957 bits per heavy atom. The number of hydrogen-bond donors (Lipinski definition) is 1. The molecule has 0 radical (unpaired) electrons.